The van der Waals surface area contributed by atoms with Crippen LogP contribution in [0, 0.1) is 0 Å². The first-order chi connectivity index (χ1) is 30.3. The van der Waals surface area contributed by atoms with Gasteiger partial charge in [-0.2, -0.15) is 45.3 Å². The maximum atomic E-state index is 12.5. The van der Waals surface area contributed by atoms with Gasteiger partial charge in [-0.05, 0) is 89.8 Å². The van der Waals surface area contributed by atoms with Crippen molar-refractivity contribution in [2.24, 2.45) is 20.5 Å². The predicted octanol–water partition coefficient (Wildman–Crippen LogP) is 6.33. The van der Waals surface area contributed by atoms with Gasteiger partial charge in [0.05, 0.1) is 44.6 Å². The van der Waals surface area contributed by atoms with Crippen LogP contribution in [-0.4, -0.2) is 85.7 Å². The van der Waals surface area contributed by atoms with E-state index in [0.717, 1.165) is 24.3 Å². The second-order valence-electron chi connectivity index (χ2n) is 13.1. The number of carbonyl (C=O) groups is 1. The van der Waals surface area contributed by atoms with Gasteiger partial charge in [0.25, 0.3) is 20.2 Å². The number of nitrogens with one attached hydrogen (secondary N) is 3. The molecule has 0 atom stereocenters. The number of sulfone groups is 1. The van der Waals surface area contributed by atoms with Crippen LogP contribution in [0.15, 0.2) is 120 Å². The van der Waals surface area contributed by atoms with Crippen molar-refractivity contribution in [1.29, 1.82) is 0 Å². The van der Waals surface area contributed by atoms with Gasteiger partial charge in [0.2, 0.25) is 23.1 Å². The Morgan fingerprint density at radius 3 is 1.98 bits per heavy atom. The van der Waals surface area contributed by atoms with Crippen LogP contribution in [0.2, 0.25) is 5.28 Å². The molecule has 9 N–H and O–H groups in total. The number of amides is 1. The topological polar surface area (TPSA) is 394 Å². The van der Waals surface area contributed by atoms with Gasteiger partial charge in [-0.15, -0.1) is 15.3 Å². The third-order valence-electron chi connectivity index (χ3n) is 8.35. The molecule has 1 amide bonds. The van der Waals surface area contributed by atoms with E-state index >= 15 is 0 Å². The summed E-state index contributed by atoms with van der Waals surface area (Å²) in [5.74, 6) is -2.06. The highest BCUT2D eigenvalue weighted by Crippen LogP contribution is 2.41. The van der Waals surface area contributed by atoms with E-state index in [1.807, 2.05) is 0 Å². The Kier molecular flexibility index (Phi) is 13.7. The number of nitrogen functional groups attached to an aromatic ring is 1. The van der Waals surface area contributed by atoms with Crippen LogP contribution < -0.4 is 21.7 Å². The van der Waals surface area contributed by atoms with Crippen molar-refractivity contribution in [3.05, 3.63) is 90.2 Å². The molecule has 0 aliphatic rings. The summed E-state index contributed by atoms with van der Waals surface area (Å²) in [6.07, 6.45) is 0. The highest BCUT2D eigenvalue weighted by molar-refractivity contribution is 7.91. The van der Waals surface area contributed by atoms with Gasteiger partial charge >= 0.3 is 10.4 Å². The monoisotopic (exact) mass is 991 g/mol. The maximum Gasteiger partial charge on any atom is 0.397 e. The highest BCUT2D eigenvalue weighted by Gasteiger charge is 2.21. The van der Waals surface area contributed by atoms with Gasteiger partial charge in [0.1, 0.15) is 27.7 Å². The molecule has 30 heteroatoms. The van der Waals surface area contributed by atoms with Crippen LogP contribution in [0.1, 0.15) is 6.92 Å². The second-order valence-corrected chi connectivity index (χ2v) is 19.4. The molecule has 25 nitrogen and oxygen atoms in total. The standard InChI is InChI=1S/C35H30ClN11O14S4/c1-18(48)38-28-15-21(40-35-42-33(36)41-34(43-35)39-20-3-7-23(8-4-20)62(50,51)13-12-61-65(58,59)60)5-10-26(28)45-44-22-6-11-27(30(16-22)64(55,56)57)46-47-32-25(37)9-2-19-14-24(63(52,53)54)17-29(49)31(19)32/h2-11,14-17,49H,12-13,37H2,1H3,(H,38,48)(H,52,53,54)(H,55,56,57)(H,58,59,60)(H2,39,40,41,42,43). The zero-order valence-corrected chi connectivity index (χ0v) is 36.6. The molecule has 0 saturated carbocycles. The van der Waals surface area contributed by atoms with Crippen molar-refractivity contribution in [1.82, 2.24) is 15.0 Å². The summed E-state index contributed by atoms with van der Waals surface area (Å²) in [6.45, 7) is 0.419. The van der Waals surface area contributed by atoms with E-state index in [2.05, 4.69) is 55.5 Å². The van der Waals surface area contributed by atoms with E-state index in [4.69, 9.17) is 21.9 Å². The molecule has 6 rings (SSSR count). The average Bonchev–Trinajstić information content (AvgIpc) is 3.19. The van der Waals surface area contributed by atoms with E-state index in [9.17, 15) is 52.7 Å². The Balaban J connectivity index is 1.21. The fraction of sp³-hybridized carbons (Fsp3) is 0.0857. The first kappa shape index (κ1) is 47.6. The molecule has 0 saturated heterocycles. The number of hydrogen-bond donors (Lipinski definition) is 8. The molecule has 1 heterocycles. The lowest BCUT2D eigenvalue weighted by molar-refractivity contribution is -0.114. The molecule has 0 fully saturated rings. The Labute approximate surface area is 372 Å². The number of aromatic nitrogens is 3. The van der Waals surface area contributed by atoms with Crippen LogP contribution in [0.4, 0.5) is 57.4 Å². The van der Waals surface area contributed by atoms with Crippen molar-refractivity contribution < 1.29 is 61.4 Å². The molecule has 0 spiro atoms. The first-order valence-corrected chi connectivity index (χ1v) is 23.9. The highest BCUT2D eigenvalue weighted by atomic mass is 35.5. The number of halogens is 1. The van der Waals surface area contributed by atoms with Gasteiger partial charge in [-0.1, -0.05) is 6.07 Å². The van der Waals surface area contributed by atoms with Crippen molar-refractivity contribution in [2.75, 3.05) is 34.0 Å². The van der Waals surface area contributed by atoms with Crippen LogP contribution in [-0.2, 0) is 49.5 Å². The number of hydrogen-bond acceptors (Lipinski definition) is 21. The summed E-state index contributed by atoms with van der Waals surface area (Å²) in [6, 6.07) is 17.3. The Morgan fingerprint density at radius 2 is 1.35 bits per heavy atom. The molecule has 6 aromatic rings. The van der Waals surface area contributed by atoms with Gasteiger partial charge in [0, 0.05) is 24.4 Å². The Hall–Kier alpha value is -6.83. The quantitative estimate of drug-likeness (QED) is 0.0298. The number of phenols is 1. The molecule has 0 unspecified atom stereocenters. The van der Waals surface area contributed by atoms with Gasteiger partial charge in [-0.25, -0.2) is 12.6 Å². The fourth-order valence-corrected chi connectivity index (χ4v) is 8.39. The second kappa shape index (κ2) is 18.7. The lowest BCUT2D eigenvalue weighted by Crippen LogP contribution is -2.15. The normalized spacial score (nSPS) is 12.5. The van der Waals surface area contributed by atoms with Crippen LogP contribution in [0.25, 0.3) is 10.8 Å². The molecule has 340 valence electrons. The number of fused-ring (bicyclic) bond motifs is 1. The van der Waals surface area contributed by atoms with E-state index in [1.165, 1.54) is 67.6 Å². The smallest absolute Gasteiger partial charge is 0.397 e. The number of rotatable bonds is 16. The molecule has 65 heavy (non-hydrogen) atoms. The lowest BCUT2D eigenvalue weighted by Gasteiger charge is -2.11. The summed E-state index contributed by atoms with van der Waals surface area (Å²) >= 11 is 6.14. The molecular weight excluding hydrogens is 962 g/mol. The van der Waals surface area contributed by atoms with Crippen molar-refractivity contribution >= 4 is 126 Å². The molecular formula is C35H30ClN11O14S4. The molecule has 0 aliphatic carbocycles. The molecule has 0 aliphatic heterocycles. The Bertz CT molecular complexity index is 3400. The van der Waals surface area contributed by atoms with Crippen molar-refractivity contribution in [3.63, 3.8) is 0 Å². The summed E-state index contributed by atoms with van der Waals surface area (Å²) in [5.41, 5.74) is 6.03. The van der Waals surface area contributed by atoms with Gasteiger partial charge in [-0.3, -0.25) is 18.5 Å². The maximum absolute atomic E-state index is 12.5. The van der Waals surface area contributed by atoms with Gasteiger partial charge in [0.15, 0.2) is 9.84 Å². The van der Waals surface area contributed by atoms with Gasteiger partial charge < -0.3 is 26.8 Å². The third-order valence-corrected chi connectivity index (χ3v) is 12.4. The minimum atomic E-state index is -5.00. The van der Waals surface area contributed by atoms with Crippen molar-refractivity contribution in [2.45, 2.75) is 21.6 Å². The zero-order chi connectivity index (χ0) is 47.5. The third kappa shape index (κ3) is 12.5. The summed E-state index contributed by atoms with van der Waals surface area (Å²) in [7, 11) is -18.5. The number of nitrogens with two attached hydrogens (primary N) is 1. The SMILES string of the molecule is CC(=O)Nc1cc(Nc2nc(Cl)nc(Nc3ccc(S(=O)(=O)CCOS(=O)(=O)O)cc3)n2)ccc1N=Nc1ccc(N=Nc2c(N)ccc3cc(S(=O)(=O)O)cc(O)c23)c(S(=O)(=O)O)c1. The molecule has 5 aromatic carbocycles. The average molecular weight is 992 g/mol. The number of aromatic hydroxyl groups is 1. The summed E-state index contributed by atoms with van der Waals surface area (Å²) in [5, 5.41) is 34.7. The van der Waals surface area contributed by atoms with Crippen molar-refractivity contribution in [3.8, 4) is 5.75 Å². The molecule has 0 bridgehead atoms. The van der Waals surface area contributed by atoms with E-state index in [1.54, 1.807) is 0 Å². The number of anilines is 6. The summed E-state index contributed by atoms with van der Waals surface area (Å²) in [4.78, 5) is 22.9. The number of carbonyl (C=O) groups excluding carboxylic acids is 1. The minimum absolute atomic E-state index is 0.0589. The fourth-order valence-electron chi connectivity index (χ4n) is 5.56. The lowest BCUT2D eigenvalue weighted by atomic mass is 10.1. The number of azo groups is 2. The number of phenolic OH excluding ortho intramolecular Hbond substituents is 1. The van der Waals surface area contributed by atoms with Crippen LogP contribution >= 0.6 is 11.6 Å². The number of nitrogens with zero attached hydrogens (tertiary/aromatic N) is 7. The van der Waals surface area contributed by atoms with E-state index in [-0.39, 0.29) is 67.0 Å². The zero-order valence-electron chi connectivity index (χ0n) is 32.6. The van der Waals surface area contributed by atoms with Crippen LogP contribution in [0.5, 0.6) is 5.75 Å². The predicted molar refractivity (Wildman–Crippen MR) is 233 cm³/mol. The minimum Gasteiger partial charge on any atom is -0.507 e. The largest absolute Gasteiger partial charge is 0.507 e. The first-order valence-electron chi connectivity index (χ1n) is 17.6. The summed E-state index contributed by atoms with van der Waals surface area (Å²) < 4.78 is 127. The van der Waals surface area contributed by atoms with E-state index < -0.39 is 80.0 Å². The Morgan fingerprint density at radius 1 is 0.723 bits per heavy atom. The van der Waals surface area contributed by atoms with Crippen LogP contribution in [0.3, 0.4) is 0 Å². The van der Waals surface area contributed by atoms with E-state index in [0.29, 0.717) is 5.69 Å². The molecule has 1 aromatic heterocycles. The number of benzene rings is 5. The molecule has 0 radical (unpaired) electrons.